The number of ether oxygens (including phenoxy) is 2. The first kappa shape index (κ1) is 38.3. The molecule has 3 aliphatic carbocycles. The molecule has 0 spiro atoms. The number of amides is 4. The number of alkyl carbamates (subject to hydrolysis) is 1. The molecule has 16 heteroatoms. The van der Waals surface area contributed by atoms with Gasteiger partial charge < -0.3 is 25.0 Å². The Labute approximate surface area is 330 Å². The molecule has 1 saturated heterocycles. The van der Waals surface area contributed by atoms with Crippen molar-refractivity contribution < 1.29 is 37.1 Å². The maximum atomic E-state index is 14.6. The van der Waals surface area contributed by atoms with Gasteiger partial charge in [0.1, 0.15) is 35.5 Å². The highest BCUT2D eigenvalue weighted by atomic mass is 32.2. The van der Waals surface area contributed by atoms with Crippen molar-refractivity contribution in [2.75, 3.05) is 6.54 Å². The number of nitrogens with one attached hydrogen (secondary N) is 3. The van der Waals surface area contributed by atoms with Crippen molar-refractivity contribution in [1.29, 1.82) is 0 Å². The maximum absolute atomic E-state index is 14.6. The van der Waals surface area contributed by atoms with Gasteiger partial charge in [0.15, 0.2) is 0 Å². The van der Waals surface area contributed by atoms with Crippen molar-refractivity contribution in [2.45, 2.75) is 125 Å². The number of sulfonamides is 1. The molecule has 2 aliphatic heterocycles. The van der Waals surface area contributed by atoms with Crippen LogP contribution in [0.3, 0.4) is 0 Å². The molecular weight excluding hydrogens is 757 g/mol. The molecule has 3 aromatic rings. The maximum Gasteiger partial charge on any atom is 0.408 e. The molecule has 298 valence electrons. The first-order chi connectivity index (χ1) is 26.9. The zero-order valence-electron chi connectivity index (χ0n) is 31.4. The number of nitrogens with zero attached hydrogens (tertiary/aromatic N) is 3. The summed E-state index contributed by atoms with van der Waals surface area (Å²) in [5, 5.41) is 7.67. The van der Waals surface area contributed by atoms with Gasteiger partial charge in [-0.15, -0.1) is 11.3 Å². The van der Waals surface area contributed by atoms with E-state index in [0.29, 0.717) is 48.8 Å². The predicted molar refractivity (Wildman–Crippen MR) is 209 cm³/mol. The summed E-state index contributed by atoms with van der Waals surface area (Å²) in [6.45, 7) is 1.58. The molecule has 4 amide bonds. The average molecular weight is 805 g/mol. The second-order valence-corrected chi connectivity index (χ2v) is 19.2. The first-order valence-corrected chi connectivity index (χ1v) is 22.1. The molecule has 1 unspecified atom stereocenters. The van der Waals surface area contributed by atoms with Crippen LogP contribution >= 0.6 is 11.3 Å². The van der Waals surface area contributed by atoms with E-state index in [1.54, 1.807) is 6.92 Å². The molecule has 56 heavy (non-hydrogen) atoms. The number of carbonyl (C=O) groups excluding carboxylic acids is 4. The van der Waals surface area contributed by atoms with Crippen LogP contribution in [0.2, 0.25) is 0 Å². The van der Waals surface area contributed by atoms with E-state index in [0.717, 1.165) is 43.4 Å². The number of fused-ring (bicyclic) bond motifs is 3. The van der Waals surface area contributed by atoms with E-state index in [-0.39, 0.29) is 31.4 Å². The standard InChI is InChI=1S/C40H48N6O8S2/c1-39(19-20-39)56(51,52)45-37(49)40-23-25(40)12-5-3-2-4-6-17-30(43-38(50)54-26-13-7-8-14-26)36(48)46-24-27(22-31(46)34(47)44-40)53-35-33(32-18-11-21-55-32)41-28-15-9-10-16-29(28)42-35/h5,9-12,15-16,18,21,25-27,30-31H,2-4,6-8,13-14,17,19-20,22-24H2,1H3,(H,43,50)(H,44,47)(H,45,49)/b12-5-/t25?,27-,30+,31+,40-/m1/s1. The van der Waals surface area contributed by atoms with Gasteiger partial charge in [-0.2, -0.15) is 0 Å². The average Bonchev–Trinajstić information content (AvgIpc) is 3.74. The molecule has 2 aromatic heterocycles. The normalized spacial score (nSPS) is 28.6. The third kappa shape index (κ3) is 7.86. The number of hydrogen-bond acceptors (Lipinski definition) is 11. The number of rotatable bonds is 8. The largest absolute Gasteiger partial charge is 0.471 e. The van der Waals surface area contributed by atoms with E-state index in [9.17, 15) is 27.6 Å². The molecule has 5 aliphatic rings. The van der Waals surface area contributed by atoms with Crippen LogP contribution in [0.5, 0.6) is 5.88 Å². The fourth-order valence-electron chi connectivity index (χ4n) is 8.08. The van der Waals surface area contributed by atoms with Crippen LogP contribution in [0.4, 0.5) is 4.79 Å². The first-order valence-electron chi connectivity index (χ1n) is 19.8. The van der Waals surface area contributed by atoms with Crippen molar-refractivity contribution in [3.05, 3.63) is 53.9 Å². The van der Waals surface area contributed by atoms with Crippen LogP contribution in [-0.2, 0) is 29.1 Å². The lowest BCUT2D eigenvalue weighted by Gasteiger charge is -2.30. The van der Waals surface area contributed by atoms with Gasteiger partial charge in [0.2, 0.25) is 27.7 Å². The topological polar surface area (TPSA) is 186 Å². The summed E-state index contributed by atoms with van der Waals surface area (Å²) in [6, 6.07) is 9.17. The highest BCUT2D eigenvalue weighted by molar-refractivity contribution is 7.91. The van der Waals surface area contributed by atoms with Crippen LogP contribution in [-0.4, -0.2) is 88.2 Å². The summed E-state index contributed by atoms with van der Waals surface area (Å²) in [7, 11) is -3.99. The molecule has 0 radical (unpaired) electrons. The Kier molecular flexibility index (Phi) is 10.5. The number of allylic oxidation sites excluding steroid dienone is 1. The second kappa shape index (κ2) is 15.4. The van der Waals surface area contributed by atoms with Crippen LogP contribution in [0.25, 0.3) is 21.6 Å². The molecule has 4 heterocycles. The smallest absolute Gasteiger partial charge is 0.408 e. The predicted octanol–water partition coefficient (Wildman–Crippen LogP) is 5.14. The zero-order chi connectivity index (χ0) is 39.1. The van der Waals surface area contributed by atoms with E-state index in [2.05, 4.69) is 15.4 Å². The molecule has 0 bridgehead atoms. The van der Waals surface area contributed by atoms with Crippen LogP contribution in [0.1, 0.15) is 90.4 Å². The van der Waals surface area contributed by atoms with Gasteiger partial charge in [-0.3, -0.25) is 19.1 Å². The lowest BCUT2D eigenvalue weighted by molar-refractivity contribution is -0.141. The number of carbonyl (C=O) groups is 4. The molecule has 3 N–H and O–H groups in total. The second-order valence-electron chi connectivity index (χ2n) is 16.1. The van der Waals surface area contributed by atoms with Crippen molar-refractivity contribution >= 4 is 56.2 Å². The minimum absolute atomic E-state index is 0.0135. The third-order valence-corrected chi connectivity index (χ3v) is 15.0. The molecular formula is C40H48N6O8S2. The van der Waals surface area contributed by atoms with Gasteiger partial charge in [0, 0.05) is 12.3 Å². The lowest BCUT2D eigenvalue weighted by atomic mass is 10.0. The summed E-state index contributed by atoms with van der Waals surface area (Å²) >= 11 is 1.48. The van der Waals surface area contributed by atoms with Gasteiger partial charge in [0.05, 0.1) is 27.2 Å². The summed E-state index contributed by atoms with van der Waals surface area (Å²) in [6.07, 6.45) is 10.1. The number of thiophene rings is 1. The van der Waals surface area contributed by atoms with E-state index < -0.39 is 68.2 Å². The Morgan fingerprint density at radius 2 is 1.71 bits per heavy atom. The van der Waals surface area contributed by atoms with E-state index >= 15 is 0 Å². The Morgan fingerprint density at radius 1 is 0.964 bits per heavy atom. The molecule has 14 nitrogen and oxygen atoms in total. The van der Waals surface area contributed by atoms with E-state index in [4.69, 9.17) is 19.4 Å². The fourth-order valence-corrected chi connectivity index (χ4v) is 10.1. The van der Waals surface area contributed by atoms with Gasteiger partial charge in [0.25, 0.3) is 5.91 Å². The minimum atomic E-state index is -3.99. The number of para-hydroxylation sites is 2. The van der Waals surface area contributed by atoms with E-state index in [1.807, 2.05) is 53.9 Å². The highest BCUT2D eigenvalue weighted by Crippen LogP contribution is 2.47. The van der Waals surface area contributed by atoms with Gasteiger partial charge in [-0.25, -0.2) is 23.2 Å². The van der Waals surface area contributed by atoms with E-state index in [1.165, 1.54) is 16.2 Å². The molecule has 5 atom stereocenters. The minimum Gasteiger partial charge on any atom is -0.471 e. The van der Waals surface area contributed by atoms with Crippen molar-refractivity contribution in [3.8, 4) is 16.5 Å². The number of aromatic nitrogens is 2. The summed E-state index contributed by atoms with van der Waals surface area (Å²) < 4.78 is 39.9. The molecule has 1 aromatic carbocycles. The summed E-state index contributed by atoms with van der Waals surface area (Å²) in [5.74, 6) is -2.05. The summed E-state index contributed by atoms with van der Waals surface area (Å²) in [5.41, 5.74) is 0.315. The van der Waals surface area contributed by atoms with Crippen molar-refractivity contribution in [3.63, 3.8) is 0 Å². The quantitative estimate of drug-likeness (QED) is 0.258. The van der Waals surface area contributed by atoms with Crippen molar-refractivity contribution in [1.82, 2.24) is 30.2 Å². The van der Waals surface area contributed by atoms with Crippen LogP contribution < -0.4 is 20.1 Å². The summed E-state index contributed by atoms with van der Waals surface area (Å²) in [4.78, 5) is 68.2. The SMILES string of the molecule is CC1(S(=O)(=O)NC(=O)[C@@]23CC2/C=C\CCCCC[C@H](NC(=O)OC2CCCC2)C(=O)N2C[C@H](Oc4nc5ccccc5nc4-c4cccs4)C[C@H]2C(=O)N3)CC1. The fraction of sp³-hybridized carbons (Fsp3) is 0.550. The molecule has 4 fully saturated rings. The highest BCUT2D eigenvalue weighted by Gasteiger charge is 2.63. The Bertz CT molecular complexity index is 2130. The zero-order valence-corrected chi connectivity index (χ0v) is 33.0. The van der Waals surface area contributed by atoms with Crippen LogP contribution in [0, 0.1) is 5.92 Å². The van der Waals surface area contributed by atoms with Gasteiger partial charge in [-0.05, 0) is 94.7 Å². The monoisotopic (exact) mass is 804 g/mol. The molecule has 8 rings (SSSR count). The van der Waals surface area contributed by atoms with Gasteiger partial charge in [-0.1, -0.05) is 43.2 Å². The Hall–Kier alpha value is -4.57. The van der Waals surface area contributed by atoms with Crippen LogP contribution in [0.15, 0.2) is 53.9 Å². The Morgan fingerprint density at radius 3 is 2.45 bits per heavy atom. The van der Waals surface area contributed by atoms with Gasteiger partial charge >= 0.3 is 6.09 Å². The number of hydrogen-bond donors (Lipinski definition) is 3. The lowest BCUT2D eigenvalue weighted by Crippen LogP contribution is -2.58. The number of benzene rings is 1. The molecule has 3 saturated carbocycles. The Balaban J connectivity index is 1.10. The van der Waals surface area contributed by atoms with Crippen molar-refractivity contribution in [2.24, 2.45) is 5.92 Å². The third-order valence-electron chi connectivity index (χ3n) is 11.9.